The number of likely N-dealkylation sites (N-methyl/N-ethyl adjacent to an activating group) is 1. The number of ether oxygens (including phenoxy) is 2. The number of nitrogens with zero attached hydrogens (tertiary/aromatic N) is 3. The van der Waals surface area contributed by atoms with Gasteiger partial charge in [0.25, 0.3) is 5.91 Å². The summed E-state index contributed by atoms with van der Waals surface area (Å²) in [5, 5.41) is 19.7. The van der Waals surface area contributed by atoms with Crippen molar-refractivity contribution in [1.29, 1.82) is 0 Å². The summed E-state index contributed by atoms with van der Waals surface area (Å²) in [6.07, 6.45) is 9.05. The Bertz CT molecular complexity index is 1260. The lowest BCUT2D eigenvalue weighted by atomic mass is 9.89. The van der Waals surface area contributed by atoms with Crippen LogP contribution in [-0.2, 0) is 4.74 Å². The Morgan fingerprint density at radius 2 is 1.83 bits per heavy atom. The van der Waals surface area contributed by atoms with Crippen LogP contribution < -0.4 is 15.4 Å². The van der Waals surface area contributed by atoms with Crippen LogP contribution in [0.15, 0.2) is 22.7 Å². The van der Waals surface area contributed by atoms with Gasteiger partial charge < -0.3 is 39.5 Å². The highest BCUT2D eigenvalue weighted by molar-refractivity contribution is 6.03. The monoisotopic (exact) mass is 641 g/mol. The first-order valence-electron chi connectivity index (χ1n) is 17.1. The zero-order valence-corrected chi connectivity index (χ0v) is 28.6. The molecule has 0 saturated heterocycles. The van der Waals surface area contributed by atoms with Crippen molar-refractivity contribution in [2.45, 2.75) is 104 Å². The van der Waals surface area contributed by atoms with E-state index in [1.165, 1.54) is 32.1 Å². The van der Waals surface area contributed by atoms with E-state index in [0.29, 0.717) is 47.3 Å². The van der Waals surface area contributed by atoms with Crippen LogP contribution in [-0.4, -0.2) is 90.1 Å². The molecule has 4 rings (SSSR count). The number of fused-ring (bicyclic) bond motifs is 1. The Hall–Kier alpha value is -3.15. The summed E-state index contributed by atoms with van der Waals surface area (Å²) in [6, 6.07) is 4.19. The van der Waals surface area contributed by atoms with E-state index in [1.807, 2.05) is 13.8 Å². The lowest BCUT2D eigenvalue weighted by Crippen LogP contribution is -2.47. The second-order valence-corrected chi connectivity index (χ2v) is 13.5. The Morgan fingerprint density at radius 3 is 2.52 bits per heavy atom. The molecule has 0 radical (unpaired) electrons. The molecule has 1 aromatic heterocycles. The van der Waals surface area contributed by atoms with Gasteiger partial charge in [-0.3, -0.25) is 4.79 Å². The molecule has 3 N–H and O–H groups in total. The number of hydrogen-bond acceptors (Lipinski definition) is 8. The number of rotatable bonds is 8. The first-order chi connectivity index (χ1) is 22.0. The van der Waals surface area contributed by atoms with Crippen LogP contribution in [0.25, 0.3) is 0 Å². The van der Waals surface area contributed by atoms with Crippen LogP contribution in [0, 0.1) is 25.7 Å². The van der Waals surface area contributed by atoms with Crippen molar-refractivity contribution in [3.8, 4) is 5.75 Å². The minimum Gasteiger partial charge on any atom is -0.490 e. The van der Waals surface area contributed by atoms with Crippen molar-refractivity contribution in [2.24, 2.45) is 11.8 Å². The lowest BCUT2D eigenvalue weighted by Gasteiger charge is -2.36. The Morgan fingerprint density at radius 1 is 1.09 bits per heavy atom. The second kappa shape index (κ2) is 17.1. The summed E-state index contributed by atoms with van der Waals surface area (Å²) in [5.41, 5.74) is 1.84. The highest BCUT2D eigenvalue weighted by Crippen LogP contribution is 2.29. The SMILES string of the molecule is Cc1noc(C)c1NC(=O)Nc1ccc2c(c1)C(=O)N([C@@H](C)CO)C[C@H](C)[C@H](CN(C)CC1CCCCC1)OCCCC[C@@H](C)O2. The third-order valence-corrected chi connectivity index (χ3v) is 9.37. The molecule has 2 heterocycles. The molecular weight excluding hydrogens is 586 g/mol. The molecule has 3 amide bonds. The molecule has 1 saturated carbocycles. The number of benzene rings is 1. The van der Waals surface area contributed by atoms with Crippen molar-refractivity contribution in [3.05, 3.63) is 35.2 Å². The summed E-state index contributed by atoms with van der Waals surface area (Å²) >= 11 is 0. The Labute approximate surface area is 274 Å². The fourth-order valence-corrected chi connectivity index (χ4v) is 6.59. The highest BCUT2D eigenvalue weighted by atomic mass is 16.5. The number of hydrogen-bond donors (Lipinski definition) is 3. The van der Waals surface area contributed by atoms with Crippen molar-refractivity contribution in [3.63, 3.8) is 0 Å². The summed E-state index contributed by atoms with van der Waals surface area (Å²) in [5.74, 6) is 1.43. The molecule has 256 valence electrons. The van der Waals surface area contributed by atoms with E-state index in [2.05, 4.69) is 34.7 Å². The van der Waals surface area contributed by atoms with Crippen molar-refractivity contribution < 1.29 is 28.7 Å². The maximum atomic E-state index is 14.4. The molecule has 11 nitrogen and oxygen atoms in total. The van der Waals surface area contributed by atoms with Crippen LogP contribution in [0.5, 0.6) is 5.75 Å². The second-order valence-electron chi connectivity index (χ2n) is 13.5. The topological polar surface area (TPSA) is 129 Å². The minimum atomic E-state index is -0.483. The average Bonchev–Trinajstić information content (AvgIpc) is 3.34. The molecule has 1 aromatic carbocycles. The molecule has 0 spiro atoms. The average molecular weight is 642 g/mol. The van der Waals surface area contributed by atoms with Crippen molar-refractivity contribution in [1.82, 2.24) is 15.0 Å². The molecule has 2 aliphatic rings. The van der Waals surface area contributed by atoms with E-state index in [4.69, 9.17) is 14.0 Å². The maximum Gasteiger partial charge on any atom is 0.323 e. The molecule has 1 aliphatic heterocycles. The highest BCUT2D eigenvalue weighted by Gasteiger charge is 2.31. The summed E-state index contributed by atoms with van der Waals surface area (Å²) in [7, 11) is 2.18. The van der Waals surface area contributed by atoms with Gasteiger partial charge in [0.1, 0.15) is 17.1 Å². The third-order valence-electron chi connectivity index (χ3n) is 9.37. The summed E-state index contributed by atoms with van der Waals surface area (Å²) in [6.45, 7) is 12.2. The molecule has 0 bridgehead atoms. The van der Waals surface area contributed by atoms with E-state index >= 15 is 0 Å². The number of aliphatic hydroxyl groups excluding tert-OH is 1. The predicted octanol–water partition coefficient (Wildman–Crippen LogP) is 6.24. The zero-order chi connectivity index (χ0) is 33.2. The first-order valence-corrected chi connectivity index (χ1v) is 17.1. The number of carbonyl (C=O) groups is 2. The van der Waals surface area contributed by atoms with E-state index in [0.717, 1.165) is 38.3 Å². The van der Waals surface area contributed by atoms with Gasteiger partial charge in [-0.15, -0.1) is 0 Å². The number of nitrogens with one attached hydrogen (secondary N) is 2. The van der Waals surface area contributed by atoms with E-state index in [9.17, 15) is 14.7 Å². The minimum absolute atomic E-state index is 0.0140. The molecule has 1 fully saturated rings. The molecule has 11 heteroatoms. The van der Waals surface area contributed by atoms with E-state index in [1.54, 1.807) is 36.9 Å². The third kappa shape index (κ3) is 9.92. The quantitative estimate of drug-likeness (QED) is 0.309. The standard InChI is InChI=1S/C35H55N5O6/c1-23-19-40(24(2)22-41)34(42)30-18-29(36-35(43)37-33-26(4)38-46-27(33)5)15-16-31(30)45-25(3)12-10-11-17-44-32(23)21-39(6)20-28-13-8-7-9-14-28/h15-16,18,23-25,28,32,41H,7-14,17,19-22H2,1-6H3,(H2,36,37,43)/t23-,24-,25+,32-/m0/s1. The van der Waals surface area contributed by atoms with Gasteiger partial charge in [-0.25, -0.2) is 4.79 Å². The maximum absolute atomic E-state index is 14.4. The smallest absolute Gasteiger partial charge is 0.323 e. The molecule has 2 aromatic rings. The van der Waals surface area contributed by atoms with E-state index < -0.39 is 12.1 Å². The van der Waals surface area contributed by atoms with Gasteiger partial charge in [0.05, 0.1) is 30.4 Å². The fourth-order valence-electron chi connectivity index (χ4n) is 6.59. The number of aryl methyl sites for hydroxylation is 2. The van der Waals surface area contributed by atoms with Gasteiger partial charge in [0, 0.05) is 37.8 Å². The number of aromatic nitrogens is 1. The van der Waals surface area contributed by atoms with Gasteiger partial charge in [0.2, 0.25) is 0 Å². The molecule has 46 heavy (non-hydrogen) atoms. The van der Waals surface area contributed by atoms with Crippen molar-refractivity contribution in [2.75, 3.05) is 50.5 Å². The number of carbonyl (C=O) groups excluding carboxylic acids is 2. The lowest BCUT2D eigenvalue weighted by molar-refractivity contribution is -0.0190. The Kier molecular flexibility index (Phi) is 13.3. The first kappa shape index (κ1) is 35.7. The van der Waals surface area contributed by atoms with Gasteiger partial charge in [-0.1, -0.05) is 31.3 Å². The van der Waals surface area contributed by atoms with Crippen LogP contribution in [0.1, 0.15) is 93.9 Å². The van der Waals surface area contributed by atoms with Crippen LogP contribution in [0.4, 0.5) is 16.2 Å². The van der Waals surface area contributed by atoms with Crippen LogP contribution in [0.2, 0.25) is 0 Å². The predicted molar refractivity (Wildman–Crippen MR) is 180 cm³/mol. The zero-order valence-electron chi connectivity index (χ0n) is 28.6. The van der Waals surface area contributed by atoms with Gasteiger partial charge >= 0.3 is 6.03 Å². The number of aliphatic hydroxyl groups is 1. The van der Waals surface area contributed by atoms with Gasteiger partial charge in [0.15, 0.2) is 5.76 Å². The largest absolute Gasteiger partial charge is 0.490 e. The molecule has 1 aliphatic carbocycles. The summed E-state index contributed by atoms with van der Waals surface area (Å²) < 4.78 is 18.0. The van der Waals surface area contributed by atoms with Crippen LogP contribution in [0.3, 0.4) is 0 Å². The fraction of sp³-hybridized carbons (Fsp3) is 0.686. The molecule has 0 unspecified atom stereocenters. The van der Waals surface area contributed by atoms with Gasteiger partial charge in [-0.2, -0.15) is 0 Å². The number of urea groups is 1. The van der Waals surface area contributed by atoms with Crippen LogP contribution >= 0.6 is 0 Å². The molecule has 4 atom stereocenters. The Balaban J connectivity index is 1.57. The normalized spacial score (nSPS) is 22.9. The summed E-state index contributed by atoms with van der Waals surface area (Å²) in [4.78, 5) is 31.4. The number of anilines is 2. The molecular formula is C35H55N5O6. The van der Waals surface area contributed by atoms with Crippen molar-refractivity contribution >= 4 is 23.3 Å². The number of amides is 3. The van der Waals surface area contributed by atoms with Gasteiger partial charge in [-0.05, 0) is 91.0 Å². The van der Waals surface area contributed by atoms with E-state index in [-0.39, 0.29) is 30.6 Å².